The van der Waals surface area contributed by atoms with E-state index in [1.807, 2.05) is 18.2 Å². The van der Waals surface area contributed by atoms with E-state index in [4.69, 9.17) is 4.74 Å². The molecule has 21 heavy (non-hydrogen) atoms. The van der Waals surface area contributed by atoms with Crippen LogP contribution in [-0.4, -0.2) is 7.11 Å². The van der Waals surface area contributed by atoms with Gasteiger partial charge in [0.05, 0.1) is 17.1 Å². The normalized spacial score (nSPS) is 11.3. The summed E-state index contributed by atoms with van der Waals surface area (Å²) in [6.07, 6.45) is -4.31. The van der Waals surface area contributed by atoms with Crippen LogP contribution in [0.25, 0.3) is 0 Å². The maximum Gasteiger partial charge on any atom is 0.416 e. The molecule has 0 aromatic heterocycles. The lowest BCUT2D eigenvalue weighted by Gasteiger charge is -2.10. The fourth-order valence-corrected chi connectivity index (χ4v) is 2.39. The van der Waals surface area contributed by atoms with Crippen LogP contribution in [0.5, 0.6) is 5.75 Å². The van der Waals surface area contributed by atoms with Crippen molar-refractivity contribution in [1.29, 1.82) is 0 Å². The molecule has 0 saturated heterocycles. The van der Waals surface area contributed by atoms with Crippen LogP contribution in [0.3, 0.4) is 0 Å². The molecule has 0 aliphatic heterocycles. The maximum atomic E-state index is 12.4. The summed E-state index contributed by atoms with van der Waals surface area (Å²) in [5.41, 5.74) is 0.970. The number of methoxy groups -OCH3 is 1. The highest BCUT2D eigenvalue weighted by molar-refractivity contribution is 9.10. The number of hydrogen-bond acceptors (Lipinski definition) is 2. The number of alkyl halides is 3. The van der Waals surface area contributed by atoms with Crippen molar-refractivity contribution in [2.45, 2.75) is 12.7 Å². The van der Waals surface area contributed by atoms with Gasteiger partial charge in [0.1, 0.15) is 5.75 Å². The van der Waals surface area contributed by atoms with Gasteiger partial charge in [-0.1, -0.05) is 6.07 Å². The Morgan fingerprint density at radius 3 is 2.29 bits per heavy atom. The van der Waals surface area contributed by atoms with Crippen molar-refractivity contribution in [3.8, 4) is 5.75 Å². The number of ether oxygens (including phenoxy) is 1. The standard InChI is InChI=1S/C15H13BrF3NO/c1-21-14-7-2-10(8-13(14)16)9-20-12-5-3-11(4-6-12)15(17,18)19/h2-8,20H,9H2,1H3. The van der Waals surface area contributed by atoms with E-state index < -0.39 is 11.7 Å². The summed E-state index contributed by atoms with van der Waals surface area (Å²) in [6.45, 7) is 0.508. The summed E-state index contributed by atoms with van der Waals surface area (Å²) in [4.78, 5) is 0. The lowest BCUT2D eigenvalue weighted by atomic mass is 10.2. The average molecular weight is 360 g/mol. The number of benzene rings is 2. The second-order valence-electron chi connectivity index (χ2n) is 4.40. The molecule has 6 heteroatoms. The van der Waals surface area contributed by atoms with E-state index in [1.54, 1.807) is 7.11 Å². The highest BCUT2D eigenvalue weighted by Gasteiger charge is 2.29. The fourth-order valence-electron chi connectivity index (χ4n) is 1.80. The SMILES string of the molecule is COc1ccc(CNc2ccc(C(F)(F)F)cc2)cc1Br. The molecule has 0 fully saturated rings. The van der Waals surface area contributed by atoms with Gasteiger partial charge in [-0.15, -0.1) is 0 Å². The third kappa shape index (κ3) is 4.14. The predicted octanol–water partition coefficient (Wildman–Crippen LogP) is 5.09. The Balaban J connectivity index is 2.01. The molecule has 0 atom stereocenters. The molecule has 0 aliphatic carbocycles. The highest BCUT2D eigenvalue weighted by atomic mass is 79.9. The smallest absolute Gasteiger partial charge is 0.416 e. The van der Waals surface area contributed by atoms with Gasteiger partial charge < -0.3 is 10.1 Å². The van der Waals surface area contributed by atoms with Gasteiger partial charge in [-0.05, 0) is 57.9 Å². The second kappa shape index (κ2) is 6.39. The fraction of sp³-hybridized carbons (Fsp3) is 0.200. The van der Waals surface area contributed by atoms with Gasteiger partial charge in [0.2, 0.25) is 0 Å². The Labute approximate surface area is 129 Å². The van der Waals surface area contributed by atoms with Crippen molar-refractivity contribution in [1.82, 2.24) is 0 Å². The zero-order valence-corrected chi connectivity index (χ0v) is 12.8. The molecule has 2 rings (SSSR count). The largest absolute Gasteiger partial charge is 0.496 e. The van der Waals surface area contributed by atoms with Crippen molar-refractivity contribution >= 4 is 21.6 Å². The Morgan fingerprint density at radius 2 is 1.76 bits per heavy atom. The first-order chi connectivity index (χ1) is 9.90. The van der Waals surface area contributed by atoms with Gasteiger partial charge in [0, 0.05) is 12.2 Å². The number of rotatable bonds is 4. The van der Waals surface area contributed by atoms with E-state index in [0.29, 0.717) is 12.2 Å². The van der Waals surface area contributed by atoms with E-state index >= 15 is 0 Å². The molecule has 0 aliphatic rings. The number of nitrogens with one attached hydrogen (secondary N) is 1. The van der Waals surface area contributed by atoms with Gasteiger partial charge >= 0.3 is 6.18 Å². The molecule has 0 amide bonds. The first-order valence-electron chi connectivity index (χ1n) is 6.13. The molecule has 2 aromatic carbocycles. The summed E-state index contributed by atoms with van der Waals surface area (Å²) in [5.74, 6) is 0.730. The summed E-state index contributed by atoms with van der Waals surface area (Å²) in [6, 6.07) is 10.6. The van der Waals surface area contributed by atoms with Crippen LogP contribution >= 0.6 is 15.9 Å². The van der Waals surface area contributed by atoms with Crippen LogP contribution in [0.1, 0.15) is 11.1 Å². The minimum absolute atomic E-state index is 0.508. The summed E-state index contributed by atoms with van der Waals surface area (Å²) in [5, 5.41) is 3.08. The van der Waals surface area contributed by atoms with E-state index in [2.05, 4.69) is 21.2 Å². The summed E-state index contributed by atoms with van der Waals surface area (Å²) < 4.78 is 43.3. The van der Waals surface area contributed by atoms with E-state index in [-0.39, 0.29) is 0 Å². The Morgan fingerprint density at radius 1 is 1.10 bits per heavy atom. The van der Waals surface area contributed by atoms with Crippen molar-refractivity contribution < 1.29 is 17.9 Å². The molecule has 0 radical (unpaired) electrons. The lowest BCUT2D eigenvalue weighted by Crippen LogP contribution is -2.05. The third-order valence-electron chi connectivity index (χ3n) is 2.93. The first kappa shape index (κ1) is 15.7. The Kier molecular flexibility index (Phi) is 4.77. The molecule has 0 spiro atoms. The van der Waals surface area contributed by atoms with Crippen LogP contribution in [0, 0.1) is 0 Å². The van der Waals surface area contributed by atoms with Crippen LogP contribution < -0.4 is 10.1 Å². The highest BCUT2D eigenvalue weighted by Crippen LogP contribution is 2.30. The van der Waals surface area contributed by atoms with E-state index in [9.17, 15) is 13.2 Å². The lowest BCUT2D eigenvalue weighted by molar-refractivity contribution is -0.137. The second-order valence-corrected chi connectivity index (χ2v) is 5.25. The number of halogens is 4. The van der Waals surface area contributed by atoms with E-state index in [0.717, 1.165) is 27.9 Å². The monoisotopic (exact) mass is 359 g/mol. The number of anilines is 1. The molecule has 1 N–H and O–H groups in total. The summed E-state index contributed by atoms with van der Waals surface area (Å²) in [7, 11) is 1.58. The third-order valence-corrected chi connectivity index (χ3v) is 3.54. The first-order valence-corrected chi connectivity index (χ1v) is 6.93. The summed E-state index contributed by atoms with van der Waals surface area (Å²) >= 11 is 3.39. The average Bonchev–Trinajstić information content (AvgIpc) is 2.45. The minimum Gasteiger partial charge on any atom is -0.496 e. The van der Waals surface area contributed by atoms with Crippen molar-refractivity contribution in [2.75, 3.05) is 12.4 Å². The van der Waals surface area contributed by atoms with Crippen LogP contribution in [0.4, 0.5) is 18.9 Å². The van der Waals surface area contributed by atoms with Gasteiger partial charge in [-0.25, -0.2) is 0 Å². The van der Waals surface area contributed by atoms with Crippen molar-refractivity contribution in [3.63, 3.8) is 0 Å². The van der Waals surface area contributed by atoms with Gasteiger partial charge in [-0.2, -0.15) is 13.2 Å². The van der Waals surface area contributed by atoms with Crippen LogP contribution in [0.15, 0.2) is 46.9 Å². The minimum atomic E-state index is -4.31. The molecule has 0 saturated carbocycles. The number of hydrogen-bond donors (Lipinski definition) is 1. The van der Waals surface area contributed by atoms with Crippen LogP contribution in [-0.2, 0) is 12.7 Å². The molecule has 112 valence electrons. The molecule has 2 aromatic rings. The zero-order valence-electron chi connectivity index (χ0n) is 11.2. The molecule has 0 heterocycles. The van der Waals surface area contributed by atoms with Crippen molar-refractivity contribution in [2.24, 2.45) is 0 Å². The Bertz CT molecular complexity index is 611. The van der Waals surface area contributed by atoms with Gasteiger partial charge in [0.25, 0.3) is 0 Å². The zero-order chi connectivity index (χ0) is 15.5. The van der Waals surface area contributed by atoms with Gasteiger partial charge in [0.15, 0.2) is 0 Å². The molecular weight excluding hydrogens is 347 g/mol. The predicted molar refractivity (Wildman–Crippen MR) is 79.5 cm³/mol. The molecule has 0 unspecified atom stereocenters. The van der Waals surface area contributed by atoms with Gasteiger partial charge in [-0.3, -0.25) is 0 Å². The van der Waals surface area contributed by atoms with Crippen LogP contribution in [0.2, 0.25) is 0 Å². The topological polar surface area (TPSA) is 21.3 Å². The Hall–Kier alpha value is -1.69. The van der Waals surface area contributed by atoms with E-state index in [1.165, 1.54) is 12.1 Å². The quantitative estimate of drug-likeness (QED) is 0.820. The maximum absolute atomic E-state index is 12.4. The van der Waals surface area contributed by atoms with Crippen molar-refractivity contribution in [3.05, 3.63) is 58.1 Å². The molecule has 2 nitrogen and oxygen atoms in total. The molecule has 0 bridgehead atoms. The molecular formula is C15H13BrF3NO.